The first kappa shape index (κ1) is 20.8. The summed E-state index contributed by atoms with van der Waals surface area (Å²) in [6.45, 7) is 2.47. The van der Waals surface area contributed by atoms with Gasteiger partial charge in [0.15, 0.2) is 0 Å². The summed E-state index contributed by atoms with van der Waals surface area (Å²) >= 11 is 0. The van der Waals surface area contributed by atoms with Crippen molar-refractivity contribution >= 4 is 17.6 Å². The number of aliphatic hydroxyl groups is 1. The fourth-order valence-electron chi connectivity index (χ4n) is 3.30. The number of aliphatic hydroxyl groups excluding tert-OH is 1. The highest BCUT2D eigenvalue weighted by atomic mass is 16.3. The summed E-state index contributed by atoms with van der Waals surface area (Å²) in [6.07, 6.45) is 5.31. The number of urea groups is 1. The van der Waals surface area contributed by atoms with E-state index in [1.165, 1.54) is 12.8 Å². The van der Waals surface area contributed by atoms with Gasteiger partial charge in [-0.05, 0) is 49.3 Å². The third-order valence-electron chi connectivity index (χ3n) is 5.30. The van der Waals surface area contributed by atoms with Gasteiger partial charge < -0.3 is 21.5 Å². The number of carbonyl (C=O) groups excluding carboxylic acids is 2. The molecule has 156 valence electrons. The second kappa shape index (κ2) is 9.51. The maximum atomic E-state index is 13.0. The zero-order valence-electron chi connectivity index (χ0n) is 16.5. The molecule has 0 radical (unpaired) electrons. The summed E-state index contributed by atoms with van der Waals surface area (Å²) in [7, 11) is 0. The summed E-state index contributed by atoms with van der Waals surface area (Å²) in [4.78, 5) is 23.8. The molecular formula is C20H28N6O3. The Hall–Kier alpha value is -2.94. The molecule has 1 aromatic carbocycles. The number of anilines is 1. The number of rotatable bonds is 10. The SMILES string of the molecule is C[C@@H](c1cn([C@@H](CCCNC(N)=O)C(=O)Nc2ccc(CO)cc2)nn1)C1CC1. The number of primary amides is 1. The van der Waals surface area contributed by atoms with Crippen molar-refractivity contribution in [1.29, 1.82) is 0 Å². The molecule has 0 saturated heterocycles. The van der Waals surface area contributed by atoms with Crippen LogP contribution >= 0.6 is 0 Å². The Morgan fingerprint density at radius 2 is 2.03 bits per heavy atom. The van der Waals surface area contributed by atoms with Crippen molar-refractivity contribution < 1.29 is 14.7 Å². The lowest BCUT2D eigenvalue weighted by atomic mass is 10.0. The Kier molecular flexibility index (Phi) is 6.82. The van der Waals surface area contributed by atoms with Crippen molar-refractivity contribution in [2.75, 3.05) is 11.9 Å². The van der Waals surface area contributed by atoms with Crippen molar-refractivity contribution in [3.8, 4) is 0 Å². The first-order valence-electron chi connectivity index (χ1n) is 9.93. The molecule has 1 saturated carbocycles. The highest BCUT2D eigenvalue weighted by Crippen LogP contribution is 2.41. The lowest BCUT2D eigenvalue weighted by Crippen LogP contribution is -2.31. The third kappa shape index (κ3) is 5.77. The topological polar surface area (TPSA) is 135 Å². The monoisotopic (exact) mass is 400 g/mol. The first-order valence-corrected chi connectivity index (χ1v) is 9.93. The van der Waals surface area contributed by atoms with Crippen molar-refractivity contribution in [1.82, 2.24) is 20.3 Å². The number of hydrogen-bond donors (Lipinski definition) is 4. The molecule has 0 aliphatic heterocycles. The first-order chi connectivity index (χ1) is 14.0. The molecule has 5 N–H and O–H groups in total. The number of nitrogens with one attached hydrogen (secondary N) is 2. The molecule has 0 unspecified atom stereocenters. The van der Waals surface area contributed by atoms with E-state index in [0.29, 0.717) is 36.9 Å². The van der Waals surface area contributed by atoms with E-state index >= 15 is 0 Å². The zero-order chi connectivity index (χ0) is 20.8. The number of hydrogen-bond acceptors (Lipinski definition) is 5. The van der Waals surface area contributed by atoms with E-state index in [9.17, 15) is 9.59 Å². The van der Waals surface area contributed by atoms with Crippen LogP contribution in [0.15, 0.2) is 30.5 Å². The molecule has 3 rings (SSSR count). The largest absolute Gasteiger partial charge is 0.392 e. The van der Waals surface area contributed by atoms with Crippen LogP contribution < -0.4 is 16.4 Å². The van der Waals surface area contributed by atoms with Gasteiger partial charge in [-0.2, -0.15) is 0 Å². The molecule has 9 nitrogen and oxygen atoms in total. The molecule has 1 aliphatic carbocycles. The molecule has 1 heterocycles. The standard InChI is InChI=1S/C20H28N6O3/c1-13(15-6-7-15)17-11-26(25-24-17)18(3-2-10-22-20(21)29)19(28)23-16-8-4-14(12-27)5-9-16/h4-5,8-9,11,13,15,18,27H,2-3,6-7,10,12H2,1H3,(H,23,28)(H3,21,22,29)/t13-,18+/m1/s1. The van der Waals surface area contributed by atoms with Gasteiger partial charge in [-0.15, -0.1) is 5.10 Å². The van der Waals surface area contributed by atoms with Crippen LogP contribution in [0.4, 0.5) is 10.5 Å². The van der Waals surface area contributed by atoms with E-state index in [4.69, 9.17) is 10.8 Å². The average molecular weight is 400 g/mol. The van der Waals surface area contributed by atoms with Crippen LogP contribution in [-0.2, 0) is 11.4 Å². The summed E-state index contributed by atoms with van der Waals surface area (Å²) in [5.41, 5.74) is 7.41. The molecule has 0 spiro atoms. The van der Waals surface area contributed by atoms with Gasteiger partial charge >= 0.3 is 6.03 Å². The number of aromatic nitrogens is 3. The van der Waals surface area contributed by atoms with E-state index < -0.39 is 12.1 Å². The van der Waals surface area contributed by atoms with Crippen LogP contribution in [-0.4, -0.2) is 38.6 Å². The Balaban J connectivity index is 1.70. The maximum absolute atomic E-state index is 13.0. The Morgan fingerprint density at radius 3 is 2.66 bits per heavy atom. The van der Waals surface area contributed by atoms with Crippen molar-refractivity contribution in [3.05, 3.63) is 41.7 Å². The second-order valence-electron chi connectivity index (χ2n) is 7.54. The molecule has 29 heavy (non-hydrogen) atoms. The molecule has 3 amide bonds. The fraction of sp³-hybridized carbons (Fsp3) is 0.500. The normalized spacial score (nSPS) is 15.5. The highest BCUT2D eigenvalue weighted by Gasteiger charge is 2.31. The number of amides is 3. The number of nitrogens with two attached hydrogens (primary N) is 1. The Labute approximate surface area is 169 Å². The van der Waals surface area contributed by atoms with Crippen LogP contribution in [0.25, 0.3) is 0 Å². The molecule has 2 atom stereocenters. The van der Waals surface area contributed by atoms with E-state index in [2.05, 4.69) is 27.9 Å². The minimum atomic E-state index is -0.587. The van der Waals surface area contributed by atoms with Gasteiger partial charge in [-0.3, -0.25) is 4.79 Å². The predicted molar refractivity (Wildman–Crippen MR) is 108 cm³/mol. The van der Waals surface area contributed by atoms with Crippen LogP contribution in [0, 0.1) is 5.92 Å². The number of carbonyl (C=O) groups is 2. The molecule has 9 heteroatoms. The van der Waals surface area contributed by atoms with Crippen molar-refractivity contribution in [2.45, 2.75) is 51.2 Å². The number of benzene rings is 1. The number of nitrogens with zero attached hydrogens (tertiary/aromatic N) is 3. The molecule has 1 aromatic heterocycles. The lowest BCUT2D eigenvalue weighted by molar-refractivity contribution is -0.119. The van der Waals surface area contributed by atoms with Crippen LogP contribution in [0.1, 0.15) is 55.8 Å². The third-order valence-corrected chi connectivity index (χ3v) is 5.30. The average Bonchev–Trinajstić information content (AvgIpc) is 3.45. The lowest BCUT2D eigenvalue weighted by Gasteiger charge is -2.17. The quantitative estimate of drug-likeness (QED) is 0.452. The molecule has 0 bridgehead atoms. The van der Waals surface area contributed by atoms with Gasteiger partial charge in [0, 0.05) is 24.3 Å². The minimum Gasteiger partial charge on any atom is -0.392 e. The van der Waals surface area contributed by atoms with E-state index in [-0.39, 0.29) is 12.5 Å². The van der Waals surface area contributed by atoms with Gasteiger partial charge in [-0.25, -0.2) is 9.48 Å². The van der Waals surface area contributed by atoms with Gasteiger partial charge in [0.05, 0.1) is 12.3 Å². The Morgan fingerprint density at radius 1 is 1.31 bits per heavy atom. The summed E-state index contributed by atoms with van der Waals surface area (Å²) in [5, 5.41) is 23.1. The van der Waals surface area contributed by atoms with Crippen LogP contribution in [0.5, 0.6) is 0 Å². The molecule has 1 fully saturated rings. The van der Waals surface area contributed by atoms with Gasteiger partial charge in [0.2, 0.25) is 5.91 Å². The van der Waals surface area contributed by atoms with Gasteiger partial charge in [0.1, 0.15) is 6.04 Å². The summed E-state index contributed by atoms with van der Waals surface area (Å²) < 4.78 is 1.61. The maximum Gasteiger partial charge on any atom is 0.312 e. The van der Waals surface area contributed by atoms with E-state index in [0.717, 1.165) is 11.3 Å². The molecule has 2 aromatic rings. The van der Waals surface area contributed by atoms with Gasteiger partial charge in [-0.1, -0.05) is 24.3 Å². The summed E-state index contributed by atoms with van der Waals surface area (Å²) in [6, 6.07) is 5.86. The minimum absolute atomic E-state index is 0.0510. The smallest absolute Gasteiger partial charge is 0.312 e. The van der Waals surface area contributed by atoms with Crippen LogP contribution in [0.2, 0.25) is 0 Å². The molecular weight excluding hydrogens is 372 g/mol. The summed E-state index contributed by atoms with van der Waals surface area (Å²) in [5.74, 6) is 0.767. The second-order valence-corrected chi connectivity index (χ2v) is 7.54. The predicted octanol–water partition coefficient (Wildman–Crippen LogP) is 1.91. The Bertz CT molecular complexity index is 831. The molecule has 1 aliphatic rings. The van der Waals surface area contributed by atoms with Crippen molar-refractivity contribution in [3.63, 3.8) is 0 Å². The fourth-order valence-corrected chi connectivity index (χ4v) is 3.30. The van der Waals surface area contributed by atoms with Crippen LogP contribution in [0.3, 0.4) is 0 Å². The zero-order valence-corrected chi connectivity index (χ0v) is 16.5. The van der Waals surface area contributed by atoms with Crippen molar-refractivity contribution in [2.24, 2.45) is 11.7 Å². The highest BCUT2D eigenvalue weighted by molar-refractivity contribution is 5.93. The van der Waals surface area contributed by atoms with E-state index in [1.807, 2.05) is 6.20 Å². The van der Waals surface area contributed by atoms with E-state index in [1.54, 1.807) is 28.9 Å². The van der Waals surface area contributed by atoms with Gasteiger partial charge in [0.25, 0.3) is 0 Å².